The van der Waals surface area contributed by atoms with Crippen LogP contribution in [-0.4, -0.2) is 30.6 Å². The van der Waals surface area contributed by atoms with Crippen LogP contribution >= 0.6 is 0 Å². The van der Waals surface area contributed by atoms with Gasteiger partial charge in [-0.2, -0.15) is 13.2 Å². The number of hydrogen-bond acceptors (Lipinski definition) is 2. The summed E-state index contributed by atoms with van der Waals surface area (Å²) < 4.78 is 38.4. The molecule has 0 heterocycles. The predicted molar refractivity (Wildman–Crippen MR) is 88.2 cm³/mol. The number of carbonyl (C=O) groups is 2. The lowest BCUT2D eigenvalue weighted by Crippen LogP contribution is -2.45. The van der Waals surface area contributed by atoms with Gasteiger partial charge in [0.2, 0.25) is 5.91 Å². The molecule has 2 N–H and O–H groups in total. The second kappa shape index (κ2) is 7.89. The van der Waals surface area contributed by atoms with Crippen LogP contribution in [0.15, 0.2) is 18.2 Å². The Morgan fingerprint density at radius 2 is 1.76 bits per heavy atom. The summed E-state index contributed by atoms with van der Waals surface area (Å²) in [7, 11) is 0. The van der Waals surface area contributed by atoms with E-state index in [1.807, 2.05) is 19.9 Å². The maximum absolute atomic E-state index is 12.8. The molecule has 1 aliphatic carbocycles. The number of hydrogen-bond donors (Lipinski definition) is 2. The van der Waals surface area contributed by atoms with Crippen LogP contribution in [0, 0.1) is 19.8 Å². The topological polar surface area (TPSA) is 58.2 Å². The fraction of sp³-hybridized carbons (Fsp3) is 0.556. The van der Waals surface area contributed by atoms with Crippen molar-refractivity contribution in [3.63, 3.8) is 0 Å². The molecule has 2 atom stereocenters. The molecule has 0 unspecified atom stereocenters. The van der Waals surface area contributed by atoms with Gasteiger partial charge in [-0.15, -0.1) is 0 Å². The summed E-state index contributed by atoms with van der Waals surface area (Å²) in [6.07, 6.45) is -3.24. The normalized spacial score (nSPS) is 20.8. The Labute approximate surface area is 145 Å². The van der Waals surface area contributed by atoms with Gasteiger partial charge in [-0.05, 0) is 45.2 Å². The van der Waals surface area contributed by atoms with Gasteiger partial charge in [-0.1, -0.05) is 23.6 Å². The molecule has 0 bridgehead atoms. The summed E-state index contributed by atoms with van der Waals surface area (Å²) in [6, 6.07) is 4.87. The minimum atomic E-state index is -4.22. The molecule has 138 valence electrons. The molecule has 0 spiro atoms. The summed E-state index contributed by atoms with van der Waals surface area (Å²) in [4.78, 5) is 24.0. The lowest BCUT2D eigenvalue weighted by atomic mass is 9.85. The largest absolute Gasteiger partial charge is 0.391 e. The molecule has 0 aliphatic heterocycles. The summed E-state index contributed by atoms with van der Waals surface area (Å²) in [5.74, 6) is -2.21. The SMILES string of the molecule is Cc1cc(C)cc(C(=O)NCC(=O)N[C@@H]2CCC[C@H](C(F)(F)F)C2)c1. The number of carbonyl (C=O) groups excluding carboxylic acids is 2. The summed E-state index contributed by atoms with van der Waals surface area (Å²) in [5, 5.41) is 5.11. The van der Waals surface area contributed by atoms with Crippen molar-refractivity contribution in [1.82, 2.24) is 10.6 Å². The Hall–Kier alpha value is -2.05. The second-order valence-corrected chi connectivity index (χ2v) is 6.73. The van der Waals surface area contributed by atoms with Crippen molar-refractivity contribution in [2.45, 2.75) is 51.7 Å². The highest BCUT2D eigenvalue weighted by Gasteiger charge is 2.42. The average molecular weight is 356 g/mol. The molecule has 4 nitrogen and oxygen atoms in total. The van der Waals surface area contributed by atoms with Gasteiger partial charge in [0.25, 0.3) is 5.91 Å². The molecule has 2 rings (SSSR count). The van der Waals surface area contributed by atoms with E-state index in [-0.39, 0.29) is 25.3 Å². The number of halogens is 3. The maximum Gasteiger partial charge on any atom is 0.391 e. The number of nitrogens with one attached hydrogen (secondary N) is 2. The summed E-state index contributed by atoms with van der Waals surface area (Å²) >= 11 is 0. The Balaban J connectivity index is 1.83. The smallest absolute Gasteiger partial charge is 0.352 e. The van der Waals surface area contributed by atoms with Crippen molar-refractivity contribution in [2.75, 3.05) is 6.54 Å². The molecule has 7 heteroatoms. The van der Waals surface area contributed by atoms with E-state index < -0.39 is 24.0 Å². The highest BCUT2D eigenvalue weighted by atomic mass is 19.4. The Kier molecular flexibility index (Phi) is 6.08. The third kappa shape index (κ3) is 5.76. The van der Waals surface area contributed by atoms with E-state index in [4.69, 9.17) is 0 Å². The fourth-order valence-corrected chi connectivity index (χ4v) is 3.27. The number of alkyl halides is 3. The summed E-state index contributed by atoms with van der Waals surface area (Å²) in [5.41, 5.74) is 2.34. The molecule has 2 amide bonds. The lowest BCUT2D eigenvalue weighted by Gasteiger charge is -2.31. The van der Waals surface area contributed by atoms with Crippen LogP contribution in [-0.2, 0) is 4.79 Å². The van der Waals surface area contributed by atoms with Crippen molar-refractivity contribution in [1.29, 1.82) is 0 Å². The van der Waals surface area contributed by atoms with Crippen molar-refractivity contribution in [2.24, 2.45) is 5.92 Å². The highest BCUT2D eigenvalue weighted by molar-refractivity contribution is 5.96. The van der Waals surface area contributed by atoms with Crippen LogP contribution in [0.4, 0.5) is 13.2 Å². The van der Waals surface area contributed by atoms with Gasteiger partial charge < -0.3 is 10.6 Å². The van der Waals surface area contributed by atoms with Crippen LogP contribution in [0.25, 0.3) is 0 Å². The second-order valence-electron chi connectivity index (χ2n) is 6.73. The van der Waals surface area contributed by atoms with Gasteiger partial charge in [0, 0.05) is 11.6 Å². The first-order chi connectivity index (χ1) is 11.6. The molecule has 1 aliphatic rings. The van der Waals surface area contributed by atoms with Gasteiger partial charge in [-0.25, -0.2) is 0 Å². The first-order valence-electron chi connectivity index (χ1n) is 8.37. The van der Waals surface area contributed by atoms with Crippen LogP contribution in [0.5, 0.6) is 0 Å². The molecule has 0 aromatic heterocycles. The van der Waals surface area contributed by atoms with Crippen LogP contribution in [0.1, 0.15) is 47.2 Å². The zero-order chi connectivity index (χ0) is 18.6. The van der Waals surface area contributed by atoms with Crippen LogP contribution in [0.2, 0.25) is 0 Å². The van der Waals surface area contributed by atoms with Crippen molar-refractivity contribution in [3.05, 3.63) is 34.9 Å². The van der Waals surface area contributed by atoms with Gasteiger partial charge in [0.05, 0.1) is 12.5 Å². The van der Waals surface area contributed by atoms with E-state index in [9.17, 15) is 22.8 Å². The van der Waals surface area contributed by atoms with Crippen molar-refractivity contribution < 1.29 is 22.8 Å². The fourth-order valence-electron chi connectivity index (χ4n) is 3.27. The van der Waals surface area contributed by atoms with Crippen LogP contribution in [0.3, 0.4) is 0 Å². The monoisotopic (exact) mass is 356 g/mol. The number of rotatable bonds is 4. The number of benzene rings is 1. The average Bonchev–Trinajstić information content (AvgIpc) is 2.51. The van der Waals surface area contributed by atoms with E-state index in [1.54, 1.807) is 12.1 Å². The molecule has 1 aromatic rings. The van der Waals surface area contributed by atoms with Gasteiger partial charge in [0.15, 0.2) is 0 Å². The molecule has 25 heavy (non-hydrogen) atoms. The highest BCUT2D eigenvalue weighted by Crippen LogP contribution is 2.37. The molecular weight excluding hydrogens is 333 g/mol. The Morgan fingerprint density at radius 3 is 2.36 bits per heavy atom. The standard InChI is InChI=1S/C18H23F3N2O2/c1-11-6-12(2)8-13(7-11)17(25)22-10-16(24)23-15-5-3-4-14(9-15)18(19,20)21/h6-8,14-15H,3-5,9-10H2,1-2H3,(H,22,25)(H,23,24)/t14-,15+/m0/s1. The predicted octanol–water partition coefficient (Wildman–Crippen LogP) is 3.27. The quantitative estimate of drug-likeness (QED) is 0.870. The van der Waals surface area contributed by atoms with E-state index in [0.717, 1.165) is 11.1 Å². The first kappa shape index (κ1) is 19.3. The first-order valence-corrected chi connectivity index (χ1v) is 8.37. The molecular formula is C18H23F3N2O2. The zero-order valence-electron chi connectivity index (χ0n) is 14.4. The van der Waals surface area contributed by atoms with E-state index >= 15 is 0 Å². The minimum Gasteiger partial charge on any atom is -0.352 e. The van der Waals surface area contributed by atoms with Gasteiger partial charge in [0.1, 0.15) is 0 Å². The van der Waals surface area contributed by atoms with Crippen LogP contribution < -0.4 is 10.6 Å². The van der Waals surface area contributed by atoms with Gasteiger partial charge in [-0.3, -0.25) is 9.59 Å². The maximum atomic E-state index is 12.8. The van der Waals surface area contributed by atoms with Crippen molar-refractivity contribution >= 4 is 11.8 Å². The Morgan fingerprint density at radius 1 is 1.12 bits per heavy atom. The van der Waals surface area contributed by atoms with Crippen molar-refractivity contribution in [3.8, 4) is 0 Å². The zero-order valence-corrected chi connectivity index (χ0v) is 14.4. The van der Waals surface area contributed by atoms with E-state index in [2.05, 4.69) is 10.6 Å². The Bertz CT molecular complexity index is 623. The third-order valence-electron chi connectivity index (χ3n) is 4.40. The van der Waals surface area contributed by atoms with E-state index in [1.165, 1.54) is 0 Å². The molecule has 1 saturated carbocycles. The minimum absolute atomic E-state index is 0.0970. The van der Waals surface area contributed by atoms with Gasteiger partial charge >= 0.3 is 6.18 Å². The lowest BCUT2D eigenvalue weighted by molar-refractivity contribution is -0.184. The summed E-state index contributed by atoms with van der Waals surface area (Å²) in [6.45, 7) is 3.49. The third-order valence-corrected chi connectivity index (χ3v) is 4.40. The molecule has 1 aromatic carbocycles. The van der Waals surface area contributed by atoms with E-state index in [0.29, 0.717) is 18.4 Å². The number of aryl methyl sites for hydroxylation is 2. The number of amides is 2. The molecule has 0 saturated heterocycles. The molecule has 0 radical (unpaired) electrons. The molecule has 1 fully saturated rings.